The molecule has 0 N–H and O–H groups in total. The Hall–Kier alpha value is -6.35. The van der Waals surface area contributed by atoms with Gasteiger partial charge in [-0.2, -0.15) is 23.7 Å². The minimum Gasteiger partial charge on any atom is -0.465 e. The maximum Gasteiger partial charge on any atom is 0.671 e. The van der Waals surface area contributed by atoms with Gasteiger partial charge in [-0.05, 0) is 76.0 Å². The third-order valence-electron chi connectivity index (χ3n) is 14.6. The number of carbonyl (C=O) groups excluding carboxylic acids is 1. The molecule has 448 valence electrons. The number of esters is 1. The highest BCUT2D eigenvalue weighted by atomic mass is 32.2. The molecule has 3 heterocycles. The van der Waals surface area contributed by atoms with E-state index in [1.165, 1.54) is 63.3 Å². The van der Waals surface area contributed by atoms with Crippen LogP contribution in [0.3, 0.4) is 0 Å². The van der Waals surface area contributed by atoms with Crippen LogP contribution >= 0.6 is 11.8 Å². The predicted octanol–water partition coefficient (Wildman–Crippen LogP) is 13.2. The molecule has 3 aromatic carbocycles. The van der Waals surface area contributed by atoms with E-state index < -0.39 is 58.1 Å². The third-order valence-corrected chi connectivity index (χ3v) is 21.9. The van der Waals surface area contributed by atoms with E-state index in [2.05, 4.69) is 112 Å². The molecule has 2 aliphatic heterocycles. The molecule has 0 amide bonds. The highest BCUT2D eigenvalue weighted by Crippen LogP contribution is 2.56. The molecule has 1 fully saturated rings. The number of aromatic nitrogens is 2. The summed E-state index contributed by atoms with van der Waals surface area (Å²) in [7, 11) is -0.380. The zero-order valence-corrected chi connectivity index (χ0v) is 52.4. The molecule has 2 atom stereocenters. The number of thioether (sulfide) groups is 1. The predicted molar refractivity (Wildman–Crippen MR) is 320 cm³/mol. The second kappa shape index (κ2) is 28.7. The van der Waals surface area contributed by atoms with Crippen molar-refractivity contribution >= 4 is 47.3 Å². The van der Waals surface area contributed by atoms with Crippen LogP contribution in [-0.4, -0.2) is 100 Å². The first-order valence-electron chi connectivity index (χ1n) is 27.9. The first kappa shape index (κ1) is 65.2. The van der Waals surface area contributed by atoms with Crippen molar-refractivity contribution in [3.8, 4) is 12.1 Å². The molecule has 0 radical (unpaired) electrons. The number of aryl methyl sites for hydroxylation is 1. The van der Waals surface area contributed by atoms with Gasteiger partial charge in [-0.15, -0.1) is 0 Å². The van der Waals surface area contributed by atoms with E-state index in [4.69, 9.17) is 40.5 Å². The molecule has 0 saturated carbocycles. The Balaban J connectivity index is 1.19. The number of benzene rings is 3. The lowest BCUT2D eigenvalue weighted by molar-refractivity contribution is -0.249. The number of anilines is 1. The lowest BCUT2D eigenvalue weighted by atomic mass is 9.72. The molecule has 0 spiro atoms. The topological polar surface area (TPSA) is 169 Å². The van der Waals surface area contributed by atoms with Crippen molar-refractivity contribution in [3.05, 3.63) is 177 Å². The summed E-state index contributed by atoms with van der Waals surface area (Å²) in [4.78, 5) is 22.0. The van der Waals surface area contributed by atoms with Gasteiger partial charge < -0.3 is 49.9 Å². The Kier molecular flexibility index (Phi) is 22.3. The normalized spacial score (nSPS) is 20.3. The summed E-state index contributed by atoms with van der Waals surface area (Å²) in [5.74, 6) is -2.31. The van der Waals surface area contributed by atoms with Crippen molar-refractivity contribution in [2.24, 2.45) is 18.4 Å². The van der Waals surface area contributed by atoms with Gasteiger partial charge in [0.05, 0.1) is 38.4 Å². The standard InChI is InChI=1S/C63H76F3N5O10SSi2/c1-11-12-38-83(81-84(73-8,74-9)75-10)78-34-32-71(33-35-79-83)52-28-23-46(24-29-52)22-25-48-40-61(5,6)39-47(58(48)82-53-30-26-49(27-31-53)60(2,3)4)18-16-17-21-56-54(41-67)57(80-62(56,63(64,65)66)50-19-14-13-15-20-50)55(42-68)59(72)77-37-36-76-44-51-43-70(7)45-69-51/h13-31,43,45,47H,11-12,32-40,44H2,1-10H3/b18-16+,21-17+,25-22+,57-55-. The van der Waals surface area contributed by atoms with Crippen LogP contribution in [-0.2, 0) is 69.9 Å². The molecule has 7 rings (SSSR count). The summed E-state index contributed by atoms with van der Waals surface area (Å²) in [6.45, 7) is 14.6. The van der Waals surface area contributed by atoms with Gasteiger partial charge in [-0.25, -0.2) is 9.78 Å². The number of hydrogen-bond acceptors (Lipinski definition) is 15. The Morgan fingerprint density at radius 1 is 0.917 bits per heavy atom. The van der Waals surface area contributed by atoms with Gasteiger partial charge in [0.1, 0.15) is 24.3 Å². The minimum atomic E-state index is -5.19. The van der Waals surface area contributed by atoms with Crippen molar-refractivity contribution in [3.63, 3.8) is 0 Å². The van der Waals surface area contributed by atoms with E-state index in [0.29, 0.717) is 38.0 Å². The van der Waals surface area contributed by atoms with Crippen molar-refractivity contribution in [2.45, 2.75) is 102 Å². The van der Waals surface area contributed by atoms with Gasteiger partial charge in [-0.3, -0.25) is 0 Å². The molecule has 1 aliphatic carbocycles. The number of nitrogens with zero attached hydrogens (tertiary/aromatic N) is 5. The van der Waals surface area contributed by atoms with Crippen molar-refractivity contribution in [1.29, 1.82) is 10.5 Å². The average Bonchev–Trinajstić information content (AvgIpc) is 1.69. The second-order valence-corrected chi connectivity index (χ2v) is 29.0. The maximum atomic E-state index is 16.0. The van der Waals surface area contributed by atoms with E-state index in [1.807, 2.05) is 12.1 Å². The first-order valence-corrected chi connectivity index (χ1v) is 32.3. The molecule has 2 unspecified atom stereocenters. The average molecular weight is 1210 g/mol. The largest absolute Gasteiger partial charge is 0.671 e. The lowest BCUT2D eigenvalue weighted by Crippen LogP contribution is -2.61. The fraction of sp³-hybridized carbons (Fsp3) is 0.429. The van der Waals surface area contributed by atoms with Gasteiger partial charge in [0.15, 0.2) is 11.3 Å². The van der Waals surface area contributed by atoms with Gasteiger partial charge in [-0.1, -0.05) is 151 Å². The third kappa shape index (κ3) is 15.9. The van der Waals surface area contributed by atoms with Crippen molar-refractivity contribution in [2.75, 3.05) is 65.7 Å². The Bertz CT molecular complexity index is 3160. The minimum absolute atomic E-state index is 0.0569. The molecule has 15 nitrogen and oxygen atoms in total. The Labute approximate surface area is 498 Å². The van der Waals surface area contributed by atoms with Gasteiger partial charge in [0.25, 0.3) is 5.60 Å². The number of hydrogen-bond donors (Lipinski definition) is 0. The number of halogens is 3. The van der Waals surface area contributed by atoms with Crippen molar-refractivity contribution < 1.29 is 58.4 Å². The monoisotopic (exact) mass is 1210 g/mol. The highest BCUT2D eigenvalue weighted by Gasteiger charge is 2.65. The quantitative estimate of drug-likeness (QED) is 0.0172. The number of alkyl halides is 3. The van der Waals surface area contributed by atoms with Crippen LogP contribution in [0.1, 0.15) is 89.6 Å². The number of nitriles is 2. The Morgan fingerprint density at radius 2 is 1.60 bits per heavy atom. The zero-order valence-electron chi connectivity index (χ0n) is 49.5. The molecule has 1 saturated heterocycles. The number of rotatable bonds is 23. The van der Waals surface area contributed by atoms with Crippen LogP contribution in [0, 0.1) is 34.0 Å². The number of allylic oxidation sites excluding steroid dienone is 7. The van der Waals surface area contributed by atoms with E-state index in [1.54, 1.807) is 54.1 Å². The van der Waals surface area contributed by atoms with Gasteiger partial charge in [0, 0.05) is 81.3 Å². The first-order chi connectivity index (χ1) is 40.1. The summed E-state index contributed by atoms with van der Waals surface area (Å²) in [5, 5.41) is 21.0. The van der Waals surface area contributed by atoms with Crippen LogP contribution in [0.5, 0.6) is 0 Å². The molecule has 84 heavy (non-hydrogen) atoms. The number of unbranched alkanes of at least 4 members (excludes halogenated alkanes) is 1. The molecule has 0 bridgehead atoms. The van der Waals surface area contributed by atoms with Crippen molar-refractivity contribution in [1.82, 2.24) is 9.55 Å². The van der Waals surface area contributed by atoms with E-state index in [-0.39, 0.29) is 42.1 Å². The van der Waals surface area contributed by atoms with Crippen LogP contribution in [0.25, 0.3) is 6.08 Å². The van der Waals surface area contributed by atoms with E-state index >= 15 is 13.2 Å². The van der Waals surface area contributed by atoms with E-state index in [0.717, 1.165) is 52.3 Å². The SMILES string of the molecule is CCCC[Si]1(O[Si](OC)(OC)OC)OCCN(c2ccc(/C=C/C3=C(Sc4ccc(C(C)(C)C)cc4)C(/C=C/C=C/C4=C(C#N)C(=C(\C#N)C(=O)OCCOCc5cn(C)cn5)/OC4(c4ccccc4)C(F)(F)F)CC(C)(C)C3)cc2)CCO1. The van der Waals surface area contributed by atoms with Crippen LogP contribution in [0.4, 0.5) is 18.9 Å². The number of carbonyl (C=O) groups is 1. The molecule has 21 heteroatoms. The van der Waals surface area contributed by atoms with Gasteiger partial charge >= 0.3 is 30.0 Å². The van der Waals surface area contributed by atoms with Crippen LogP contribution in [0.2, 0.25) is 6.04 Å². The highest BCUT2D eigenvalue weighted by molar-refractivity contribution is 8.03. The fourth-order valence-electron chi connectivity index (χ4n) is 10.3. The van der Waals surface area contributed by atoms with E-state index in [9.17, 15) is 15.3 Å². The molecule has 3 aliphatic rings. The molecular weight excluding hydrogens is 1130 g/mol. The van der Waals surface area contributed by atoms with Crippen LogP contribution < -0.4 is 4.90 Å². The van der Waals surface area contributed by atoms with Crippen LogP contribution in [0.15, 0.2) is 160 Å². The zero-order chi connectivity index (χ0) is 60.8. The fourth-order valence-corrected chi connectivity index (χ4v) is 17.2. The number of ether oxygens (including phenoxy) is 3. The number of imidazole rings is 1. The molecule has 1 aromatic heterocycles. The Morgan fingerprint density at radius 3 is 2.18 bits per heavy atom. The van der Waals surface area contributed by atoms with Gasteiger partial charge in [0.2, 0.25) is 0 Å². The summed E-state index contributed by atoms with van der Waals surface area (Å²) in [5.41, 5.74) is -1.09. The summed E-state index contributed by atoms with van der Waals surface area (Å²) in [6.07, 6.45) is 12.0. The summed E-state index contributed by atoms with van der Waals surface area (Å²) in [6, 6.07) is 27.8. The summed E-state index contributed by atoms with van der Waals surface area (Å²) >= 11 is 1.66. The smallest absolute Gasteiger partial charge is 0.465 e. The maximum absolute atomic E-state index is 16.0. The second-order valence-electron chi connectivity index (χ2n) is 22.4. The molecular formula is C63H76F3N5O10SSi2. The molecule has 4 aromatic rings. The lowest BCUT2D eigenvalue weighted by Gasteiger charge is -2.38. The summed E-state index contributed by atoms with van der Waals surface area (Å²) < 4.78 is 102.